The Balaban J connectivity index is 2.78. The summed E-state index contributed by atoms with van der Waals surface area (Å²) >= 11 is 3.18. The van der Waals surface area contributed by atoms with Crippen LogP contribution in [0.5, 0.6) is 5.75 Å². The molecule has 1 amide bonds. The van der Waals surface area contributed by atoms with Gasteiger partial charge in [0.1, 0.15) is 5.75 Å². The molecule has 0 unspecified atom stereocenters. The van der Waals surface area contributed by atoms with Gasteiger partial charge in [0.05, 0.1) is 9.37 Å². The Morgan fingerprint density at radius 3 is 2.50 bits per heavy atom. The fourth-order valence-corrected chi connectivity index (χ4v) is 2.70. The third-order valence-electron chi connectivity index (χ3n) is 2.70. The van der Waals surface area contributed by atoms with E-state index in [-0.39, 0.29) is 23.5 Å². The second-order valence-corrected chi connectivity index (χ2v) is 7.84. The monoisotopic (exact) mass is 383 g/mol. The van der Waals surface area contributed by atoms with Crippen molar-refractivity contribution in [1.82, 2.24) is 4.90 Å². The molecule has 0 radical (unpaired) electrons. The van der Waals surface area contributed by atoms with Gasteiger partial charge in [-0.05, 0) is 48.0 Å². The molecular weight excluding hydrogens is 370 g/mol. The zero-order valence-corrected chi connectivity index (χ0v) is 14.4. The number of amides is 1. The molecule has 0 N–H and O–H groups in total. The van der Waals surface area contributed by atoms with Gasteiger partial charge >= 0.3 is 0 Å². The Hall–Kier alpha value is -0.790. The van der Waals surface area contributed by atoms with Gasteiger partial charge in [-0.25, -0.2) is 8.42 Å². The number of rotatable bonds is 5. The summed E-state index contributed by atoms with van der Waals surface area (Å²) in [5, 5.41) is 0. The molecule has 0 heterocycles. The Labute approximate surface area is 131 Å². The van der Waals surface area contributed by atoms with E-state index in [2.05, 4.69) is 15.9 Å². The van der Waals surface area contributed by atoms with E-state index < -0.39 is 9.05 Å². The van der Waals surface area contributed by atoms with Crippen LogP contribution >= 0.6 is 26.6 Å². The molecule has 0 saturated heterocycles. The van der Waals surface area contributed by atoms with Gasteiger partial charge in [-0.3, -0.25) is 4.79 Å². The lowest BCUT2D eigenvalue weighted by Gasteiger charge is -2.21. The van der Waals surface area contributed by atoms with Gasteiger partial charge < -0.3 is 9.64 Å². The second-order valence-electron chi connectivity index (χ2n) is 4.42. The van der Waals surface area contributed by atoms with Crippen molar-refractivity contribution in [3.05, 3.63) is 22.7 Å². The van der Waals surface area contributed by atoms with Crippen molar-refractivity contribution in [3.63, 3.8) is 0 Å². The van der Waals surface area contributed by atoms with Crippen molar-refractivity contribution in [2.45, 2.75) is 24.8 Å². The summed E-state index contributed by atoms with van der Waals surface area (Å²) in [7, 11) is 3.14. The largest absolute Gasteiger partial charge is 0.483 e. The summed E-state index contributed by atoms with van der Waals surface area (Å²) in [5.41, 5.74) is 0. The molecule has 112 valence electrons. The van der Waals surface area contributed by atoms with Gasteiger partial charge in [-0.15, -0.1) is 0 Å². The molecule has 0 aliphatic rings. The Morgan fingerprint density at radius 1 is 1.45 bits per heavy atom. The van der Waals surface area contributed by atoms with Crippen LogP contribution in [0, 0.1) is 0 Å². The first-order valence-corrected chi connectivity index (χ1v) is 8.86. The third-order valence-corrected chi connectivity index (χ3v) is 4.68. The average Bonchev–Trinajstić information content (AvgIpc) is 2.34. The van der Waals surface area contributed by atoms with Gasteiger partial charge in [0, 0.05) is 23.8 Å². The lowest BCUT2D eigenvalue weighted by molar-refractivity contribution is -0.133. The molecule has 0 aliphatic carbocycles. The van der Waals surface area contributed by atoms with Crippen LogP contribution < -0.4 is 4.74 Å². The molecule has 0 atom stereocenters. The maximum absolute atomic E-state index is 11.8. The summed E-state index contributed by atoms with van der Waals surface area (Å²) < 4.78 is 28.1. The molecule has 0 aliphatic heterocycles. The number of ether oxygens (including phenoxy) is 1. The van der Waals surface area contributed by atoms with Gasteiger partial charge in [0.15, 0.2) is 6.61 Å². The summed E-state index contributed by atoms with van der Waals surface area (Å²) in [5.74, 6) is 0.209. The van der Waals surface area contributed by atoms with Gasteiger partial charge in [0.25, 0.3) is 15.0 Å². The van der Waals surface area contributed by atoms with Crippen molar-refractivity contribution in [1.29, 1.82) is 0 Å². The number of benzene rings is 1. The smallest absolute Gasteiger partial charge is 0.261 e. The van der Waals surface area contributed by atoms with Crippen molar-refractivity contribution in [3.8, 4) is 5.75 Å². The minimum atomic E-state index is -3.79. The highest BCUT2D eigenvalue weighted by Gasteiger charge is 2.15. The highest BCUT2D eigenvalue weighted by molar-refractivity contribution is 9.10. The summed E-state index contributed by atoms with van der Waals surface area (Å²) in [6, 6.07) is 4.17. The van der Waals surface area contributed by atoms with Crippen molar-refractivity contribution >= 4 is 41.6 Å². The van der Waals surface area contributed by atoms with Gasteiger partial charge in [0.2, 0.25) is 0 Å². The molecule has 5 nitrogen and oxygen atoms in total. The van der Waals surface area contributed by atoms with E-state index in [0.29, 0.717) is 10.2 Å². The van der Waals surface area contributed by atoms with Crippen LogP contribution in [-0.4, -0.2) is 38.9 Å². The summed E-state index contributed by atoms with van der Waals surface area (Å²) in [6.45, 7) is 3.67. The van der Waals surface area contributed by atoms with Crippen molar-refractivity contribution < 1.29 is 17.9 Å². The van der Waals surface area contributed by atoms with E-state index in [1.165, 1.54) is 18.2 Å². The third kappa shape index (κ3) is 4.64. The molecule has 1 aromatic carbocycles. The van der Waals surface area contributed by atoms with E-state index in [0.717, 1.165) is 0 Å². The number of likely N-dealkylation sites (N-methyl/N-ethyl adjacent to an activating group) is 1. The molecule has 0 spiro atoms. The van der Waals surface area contributed by atoms with Crippen LogP contribution in [0.2, 0.25) is 0 Å². The van der Waals surface area contributed by atoms with E-state index in [9.17, 15) is 13.2 Å². The molecule has 0 saturated carbocycles. The number of nitrogens with zero attached hydrogens (tertiary/aromatic N) is 1. The molecule has 0 bridgehead atoms. The fourth-order valence-electron chi connectivity index (χ4n) is 1.28. The maximum atomic E-state index is 11.8. The standard InChI is InChI=1S/C12H15BrClNO4S/c1-8(2)15(3)12(16)7-19-11-5-4-9(6-10(11)13)20(14,17)18/h4-6,8H,7H2,1-3H3. The first-order chi connectivity index (χ1) is 9.12. The second kappa shape index (κ2) is 6.78. The van der Waals surface area contributed by atoms with Crippen LogP contribution in [0.25, 0.3) is 0 Å². The number of halogens is 2. The van der Waals surface area contributed by atoms with Crippen LogP contribution in [0.4, 0.5) is 0 Å². The SMILES string of the molecule is CC(C)N(C)C(=O)COc1ccc(S(=O)(=O)Cl)cc1Br. The molecule has 0 fully saturated rings. The molecule has 0 aromatic heterocycles. The molecular formula is C12H15BrClNO4S. The zero-order valence-electron chi connectivity index (χ0n) is 11.3. The predicted molar refractivity (Wildman–Crippen MR) is 80.6 cm³/mol. The number of hydrogen-bond acceptors (Lipinski definition) is 4. The van der Waals surface area contributed by atoms with Gasteiger partial charge in [-0.2, -0.15) is 0 Å². The average molecular weight is 385 g/mol. The van der Waals surface area contributed by atoms with E-state index >= 15 is 0 Å². The van der Waals surface area contributed by atoms with Crippen LogP contribution in [-0.2, 0) is 13.8 Å². The predicted octanol–water partition coefficient (Wildman–Crippen LogP) is 2.62. The Bertz CT molecular complexity index is 603. The zero-order chi connectivity index (χ0) is 15.5. The Morgan fingerprint density at radius 2 is 2.05 bits per heavy atom. The fraction of sp³-hybridized carbons (Fsp3) is 0.417. The van der Waals surface area contributed by atoms with Crippen LogP contribution in [0.3, 0.4) is 0 Å². The summed E-state index contributed by atoms with van der Waals surface area (Å²) in [6.07, 6.45) is 0. The van der Waals surface area contributed by atoms with E-state index in [1.54, 1.807) is 11.9 Å². The molecule has 8 heteroatoms. The summed E-state index contributed by atoms with van der Waals surface area (Å²) in [4.78, 5) is 13.3. The molecule has 1 rings (SSSR count). The minimum absolute atomic E-state index is 0.0379. The highest BCUT2D eigenvalue weighted by Crippen LogP contribution is 2.29. The number of hydrogen-bond donors (Lipinski definition) is 0. The molecule has 20 heavy (non-hydrogen) atoms. The first-order valence-electron chi connectivity index (χ1n) is 5.75. The lowest BCUT2D eigenvalue weighted by atomic mass is 10.3. The van der Waals surface area contributed by atoms with Gasteiger partial charge in [-0.1, -0.05) is 0 Å². The minimum Gasteiger partial charge on any atom is -0.483 e. The van der Waals surface area contributed by atoms with Crippen LogP contribution in [0.15, 0.2) is 27.6 Å². The quantitative estimate of drug-likeness (QED) is 0.732. The Kier molecular flexibility index (Phi) is 5.85. The van der Waals surface area contributed by atoms with E-state index in [1.807, 2.05) is 13.8 Å². The van der Waals surface area contributed by atoms with E-state index in [4.69, 9.17) is 15.4 Å². The number of carbonyl (C=O) groups is 1. The van der Waals surface area contributed by atoms with Crippen molar-refractivity contribution in [2.75, 3.05) is 13.7 Å². The lowest BCUT2D eigenvalue weighted by Crippen LogP contribution is -2.36. The normalized spacial score (nSPS) is 11.5. The highest BCUT2D eigenvalue weighted by atomic mass is 79.9. The maximum Gasteiger partial charge on any atom is 0.261 e. The molecule has 1 aromatic rings. The van der Waals surface area contributed by atoms with Crippen LogP contribution in [0.1, 0.15) is 13.8 Å². The first kappa shape index (κ1) is 17.3. The number of carbonyl (C=O) groups excluding carboxylic acids is 1. The topological polar surface area (TPSA) is 63.7 Å². The van der Waals surface area contributed by atoms with Crippen molar-refractivity contribution in [2.24, 2.45) is 0 Å².